The highest BCUT2D eigenvalue weighted by Gasteiger charge is 2.08. The number of hydrogen-bond donors (Lipinski definition) is 2. The Morgan fingerprint density at radius 3 is 2.71 bits per heavy atom. The van der Waals surface area contributed by atoms with Gasteiger partial charge in [-0.15, -0.1) is 0 Å². The van der Waals surface area contributed by atoms with Crippen molar-refractivity contribution in [3.63, 3.8) is 0 Å². The summed E-state index contributed by atoms with van der Waals surface area (Å²) in [5.41, 5.74) is 8.36. The Bertz CT molecular complexity index is 372. The predicted octanol–water partition coefficient (Wildman–Crippen LogP) is 2.74. The molecule has 0 atom stereocenters. The first-order valence-corrected chi connectivity index (χ1v) is 5.22. The molecule has 3 N–H and O–H groups in total. The zero-order valence-corrected chi connectivity index (χ0v) is 9.93. The van der Waals surface area contributed by atoms with Crippen molar-refractivity contribution in [2.45, 2.75) is 13.8 Å². The minimum absolute atomic E-state index is 0.276. The lowest BCUT2D eigenvalue weighted by atomic mass is 10.0. The zero-order chi connectivity index (χ0) is 10.7. The van der Waals surface area contributed by atoms with Crippen LogP contribution >= 0.6 is 15.9 Å². The van der Waals surface area contributed by atoms with Crippen molar-refractivity contribution in [2.75, 3.05) is 6.54 Å². The fraction of sp³-hybridized carbons (Fsp3) is 0.273. The van der Waals surface area contributed by atoms with Crippen molar-refractivity contribution in [1.29, 1.82) is 0 Å². The molecule has 0 aromatic heterocycles. The number of benzene rings is 1. The molecule has 1 aromatic carbocycles. The predicted molar refractivity (Wildman–Crippen MR) is 63.4 cm³/mol. The third kappa shape index (κ3) is 2.16. The normalized spacial score (nSPS) is 11.1. The lowest BCUT2D eigenvalue weighted by Crippen LogP contribution is -1.93. The van der Waals surface area contributed by atoms with E-state index in [1.807, 2.05) is 32.1 Å². The minimum Gasteiger partial charge on any atom is -0.506 e. The van der Waals surface area contributed by atoms with Crippen LogP contribution < -0.4 is 5.73 Å². The number of phenols is 1. The summed E-state index contributed by atoms with van der Waals surface area (Å²) >= 11 is 3.36. The van der Waals surface area contributed by atoms with Crippen LogP contribution in [-0.2, 0) is 0 Å². The molecule has 0 radical (unpaired) electrons. The van der Waals surface area contributed by atoms with Gasteiger partial charge in [0.2, 0.25) is 0 Å². The molecule has 0 aliphatic carbocycles. The second-order valence-corrected chi connectivity index (χ2v) is 4.00. The molecule has 1 rings (SSSR count). The molecule has 0 amide bonds. The summed E-state index contributed by atoms with van der Waals surface area (Å²) in [5, 5.41) is 9.79. The van der Waals surface area contributed by atoms with Gasteiger partial charge in [-0.3, -0.25) is 0 Å². The van der Waals surface area contributed by atoms with Crippen LogP contribution in [0.4, 0.5) is 0 Å². The molecule has 0 heterocycles. The highest BCUT2D eigenvalue weighted by atomic mass is 79.9. The Kier molecular flexibility index (Phi) is 3.72. The van der Waals surface area contributed by atoms with Crippen LogP contribution in [-0.4, -0.2) is 11.7 Å². The molecule has 0 fully saturated rings. The molecule has 0 saturated heterocycles. The monoisotopic (exact) mass is 255 g/mol. The molecule has 0 spiro atoms. The SMILES string of the molecule is Cc1cc(/C=C/CN)c(O)c(Br)c1C. The van der Waals surface area contributed by atoms with E-state index in [0.29, 0.717) is 6.54 Å². The second kappa shape index (κ2) is 4.62. The standard InChI is InChI=1S/C11H14BrNO/c1-7-6-9(4-3-5-13)11(14)10(12)8(7)2/h3-4,6,14H,5,13H2,1-2H3/b4-3+. The first kappa shape index (κ1) is 11.3. The van der Waals surface area contributed by atoms with Gasteiger partial charge >= 0.3 is 0 Å². The molecular weight excluding hydrogens is 242 g/mol. The van der Waals surface area contributed by atoms with Gasteiger partial charge in [0.25, 0.3) is 0 Å². The van der Waals surface area contributed by atoms with E-state index in [4.69, 9.17) is 5.73 Å². The van der Waals surface area contributed by atoms with E-state index in [-0.39, 0.29) is 5.75 Å². The van der Waals surface area contributed by atoms with E-state index < -0.39 is 0 Å². The quantitative estimate of drug-likeness (QED) is 0.854. The van der Waals surface area contributed by atoms with Gasteiger partial charge in [-0.2, -0.15) is 0 Å². The van der Waals surface area contributed by atoms with Crippen molar-refractivity contribution in [3.8, 4) is 5.75 Å². The van der Waals surface area contributed by atoms with Crippen molar-refractivity contribution < 1.29 is 5.11 Å². The maximum atomic E-state index is 9.79. The first-order chi connectivity index (χ1) is 6.57. The maximum absolute atomic E-state index is 9.79. The fourth-order valence-electron chi connectivity index (χ4n) is 1.21. The Labute approximate surface area is 92.6 Å². The van der Waals surface area contributed by atoms with Crippen molar-refractivity contribution in [3.05, 3.63) is 33.3 Å². The number of aryl methyl sites for hydroxylation is 1. The summed E-state index contributed by atoms with van der Waals surface area (Å²) in [4.78, 5) is 0. The average Bonchev–Trinajstić information content (AvgIpc) is 2.18. The molecule has 14 heavy (non-hydrogen) atoms. The van der Waals surface area contributed by atoms with Crippen molar-refractivity contribution >= 4 is 22.0 Å². The van der Waals surface area contributed by atoms with E-state index in [9.17, 15) is 5.11 Å². The number of hydrogen-bond acceptors (Lipinski definition) is 2. The summed E-state index contributed by atoms with van der Waals surface area (Å²) in [6, 6.07) is 1.95. The third-order valence-corrected chi connectivity index (χ3v) is 3.18. The minimum atomic E-state index is 0.276. The van der Waals surface area contributed by atoms with Crippen LogP contribution in [0.1, 0.15) is 16.7 Å². The topological polar surface area (TPSA) is 46.2 Å². The van der Waals surface area contributed by atoms with Gasteiger partial charge in [0.1, 0.15) is 5.75 Å². The number of phenolic OH excluding ortho intramolecular Hbond substituents is 1. The third-order valence-electron chi connectivity index (χ3n) is 2.21. The van der Waals surface area contributed by atoms with Gasteiger partial charge in [-0.1, -0.05) is 12.2 Å². The largest absolute Gasteiger partial charge is 0.506 e. The van der Waals surface area contributed by atoms with E-state index in [0.717, 1.165) is 21.2 Å². The van der Waals surface area contributed by atoms with Gasteiger partial charge in [0, 0.05) is 12.1 Å². The Balaban J connectivity index is 3.26. The Morgan fingerprint density at radius 2 is 2.14 bits per heavy atom. The summed E-state index contributed by atoms with van der Waals surface area (Å²) in [5.74, 6) is 0.276. The molecule has 0 aliphatic rings. The van der Waals surface area contributed by atoms with Crippen molar-refractivity contribution in [2.24, 2.45) is 5.73 Å². The Morgan fingerprint density at radius 1 is 1.50 bits per heavy atom. The molecule has 2 nitrogen and oxygen atoms in total. The molecule has 0 aliphatic heterocycles. The smallest absolute Gasteiger partial charge is 0.137 e. The highest BCUT2D eigenvalue weighted by molar-refractivity contribution is 9.10. The molecule has 0 saturated carbocycles. The number of halogens is 1. The fourth-order valence-corrected chi connectivity index (χ4v) is 1.75. The number of nitrogens with two attached hydrogens (primary N) is 1. The highest BCUT2D eigenvalue weighted by Crippen LogP contribution is 2.33. The second-order valence-electron chi connectivity index (χ2n) is 3.21. The molecule has 3 heteroatoms. The molecule has 76 valence electrons. The Hall–Kier alpha value is -0.800. The van der Waals surface area contributed by atoms with E-state index in [1.165, 1.54) is 0 Å². The molecule has 0 unspecified atom stereocenters. The summed E-state index contributed by atoms with van der Waals surface area (Å²) in [6.45, 7) is 4.46. The number of rotatable bonds is 2. The summed E-state index contributed by atoms with van der Waals surface area (Å²) < 4.78 is 0.758. The number of aromatic hydroxyl groups is 1. The summed E-state index contributed by atoms with van der Waals surface area (Å²) in [7, 11) is 0. The molecular formula is C11H14BrNO. The van der Waals surface area contributed by atoms with E-state index in [2.05, 4.69) is 15.9 Å². The molecule has 1 aromatic rings. The van der Waals surface area contributed by atoms with Crippen LogP contribution in [0.25, 0.3) is 6.08 Å². The van der Waals surface area contributed by atoms with Gasteiger partial charge in [0.05, 0.1) is 4.47 Å². The van der Waals surface area contributed by atoms with Crippen LogP contribution in [0.15, 0.2) is 16.6 Å². The molecule has 0 bridgehead atoms. The van der Waals surface area contributed by atoms with Crippen LogP contribution in [0.5, 0.6) is 5.75 Å². The van der Waals surface area contributed by atoms with Crippen LogP contribution in [0.3, 0.4) is 0 Å². The van der Waals surface area contributed by atoms with Gasteiger partial charge in [-0.05, 0) is 47.0 Å². The van der Waals surface area contributed by atoms with Crippen LogP contribution in [0.2, 0.25) is 0 Å². The lowest BCUT2D eigenvalue weighted by Gasteiger charge is -2.08. The average molecular weight is 256 g/mol. The van der Waals surface area contributed by atoms with Gasteiger partial charge < -0.3 is 10.8 Å². The first-order valence-electron chi connectivity index (χ1n) is 4.43. The van der Waals surface area contributed by atoms with Crippen LogP contribution in [0, 0.1) is 13.8 Å². The van der Waals surface area contributed by atoms with Crippen molar-refractivity contribution in [1.82, 2.24) is 0 Å². The van der Waals surface area contributed by atoms with Gasteiger partial charge in [-0.25, -0.2) is 0 Å². The van der Waals surface area contributed by atoms with Gasteiger partial charge in [0.15, 0.2) is 0 Å². The van der Waals surface area contributed by atoms with E-state index in [1.54, 1.807) is 0 Å². The van der Waals surface area contributed by atoms with E-state index >= 15 is 0 Å². The summed E-state index contributed by atoms with van der Waals surface area (Å²) in [6.07, 6.45) is 3.64. The zero-order valence-electron chi connectivity index (χ0n) is 8.34. The maximum Gasteiger partial charge on any atom is 0.137 e. The lowest BCUT2D eigenvalue weighted by molar-refractivity contribution is 0.470.